The van der Waals surface area contributed by atoms with Gasteiger partial charge in [-0.15, -0.1) is 11.3 Å². The smallest absolute Gasteiger partial charge is 0.255 e. The second-order valence-corrected chi connectivity index (χ2v) is 11.3. The Labute approximate surface area is 191 Å². The topological polar surface area (TPSA) is 135 Å². The van der Waals surface area contributed by atoms with Crippen molar-refractivity contribution in [1.29, 1.82) is 0 Å². The summed E-state index contributed by atoms with van der Waals surface area (Å²) in [5.41, 5.74) is 1.04. The third-order valence-corrected chi connectivity index (χ3v) is 8.09. The minimum Gasteiger partial charge on any atom is -0.322 e. The molecule has 1 aromatic heterocycles. The van der Waals surface area contributed by atoms with E-state index in [9.17, 15) is 21.6 Å². The van der Waals surface area contributed by atoms with Gasteiger partial charge in [-0.05, 0) is 66.2 Å². The predicted molar refractivity (Wildman–Crippen MR) is 125 cm³/mol. The molecule has 1 heterocycles. The number of anilines is 1. The molecule has 0 bridgehead atoms. The first-order valence-corrected chi connectivity index (χ1v) is 13.6. The molecule has 0 saturated carbocycles. The summed E-state index contributed by atoms with van der Waals surface area (Å²) >= 11 is 1.56. The number of thiophene rings is 1. The van der Waals surface area contributed by atoms with Crippen LogP contribution in [-0.4, -0.2) is 29.3 Å². The van der Waals surface area contributed by atoms with E-state index in [0.29, 0.717) is 18.4 Å². The van der Waals surface area contributed by atoms with Gasteiger partial charge in [0.1, 0.15) is 0 Å². The summed E-state index contributed by atoms with van der Waals surface area (Å²) in [7, 11) is -7.64. The van der Waals surface area contributed by atoms with Crippen LogP contribution in [-0.2, 0) is 32.9 Å². The summed E-state index contributed by atoms with van der Waals surface area (Å²) in [6, 6.07) is 13.8. The highest BCUT2D eigenvalue weighted by Crippen LogP contribution is 2.21. The zero-order chi connectivity index (χ0) is 23.4. The maximum Gasteiger partial charge on any atom is 0.255 e. The first kappa shape index (κ1) is 24.1. The summed E-state index contributed by atoms with van der Waals surface area (Å²) in [4.78, 5) is 13.6. The average molecular weight is 494 g/mol. The van der Waals surface area contributed by atoms with E-state index in [1.807, 2.05) is 17.5 Å². The molecule has 0 aliphatic heterocycles. The molecule has 32 heavy (non-hydrogen) atoms. The van der Waals surface area contributed by atoms with Gasteiger partial charge in [0.25, 0.3) is 5.91 Å². The van der Waals surface area contributed by atoms with Crippen molar-refractivity contribution < 1.29 is 21.6 Å². The SMILES string of the molecule is CCc1ccc(NC(=O)c2ccc(S(=O)(=O)NCCc3cccs3)cc2)cc1S(N)(=O)=O. The standard InChI is InChI=1S/C21H23N3O5S3/c1-2-15-5-8-17(14-20(15)31(22,26)27)24-21(25)16-6-9-19(10-7-16)32(28,29)23-12-11-18-4-3-13-30-18/h3-10,13-14,23H,2,11-12H2,1H3,(H,24,25)(H2,22,26,27). The van der Waals surface area contributed by atoms with E-state index < -0.39 is 26.0 Å². The van der Waals surface area contributed by atoms with Gasteiger partial charge in [-0.25, -0.2) is 26.7 Å². The number of rotatable bonds is 9. The molecule has 11 heteroatoms. The van der Waals surface area contributed by atoms with Gasteiger partial charge in [0.2, 0.25) is 20.0 Å². The van der Waals surface area contributed by atoms with Crippen molar-refractivity contribution in [3.8, 4) is 0 Å². The fourth-order valence-electron chi connectivity index (χ4n) is 3.02. The largest absolute Gasteiger partial charge is 0.322 e. The normalized spacial score (nSPS) is 11.9. The Balaban J connectivity index is 1.68. The molecule has 0 aliphatic carbocycles. The second-order valence-electron chi connectivity index (χ2n) is 6.93. The van der Waals surface area contributed by atoms with Crippen LogP contribution < -0.4 is 15.2 Å². The number of aryl methyl sites for hydroxylation is 1. The average Bonchev–Trinajstić information content (AvgIpc) is 3.26. The molecule has 2 aromatic carbocycles. The summed E-state index contributed by atoms with van der Waals surface area (Å²) in [5, 5.41) is 9.80. The van der Waals surface area contributed by atoms with Crippen LogP contribution in [0, 0.1) is 0 Å². The number of carbonyl (C=O) groups excluding carboxylic acids is 1. The van der Waals surface area contributed by atoms with Crippen LogP contribution in [0.15, 0.2) is 69.8 Å². The molecule has 0 atom stereocenters. The number of amides is 1. The lowest BCUT2D eigenvalue weighted by Gasteiger charge is -2.11. The molecule has 0 saturated heterocycles. The number of primary sulfonamides is 1. The van der Waals surface area contributed by atoms with Crippen molar-refractivity contribution >= 4 is 43.0 Å². The number of nitrogens with one attached hydrogen (secondary N) is 2. The van der Waals surface area contributed by atoms with Crippen LogP contribution in [0.25, 0.3) is 0 Å². The van der Waals surface area contributed by atoms with E-state index in [2.05, 4.69) is 10.0 Å². The second kappa shape index (κ2) is 9.92. The lowest BCUT2D eigenvalue weighted by Crippen LogP contribution is -2.26. The highest BCUT2D eigenvalue weighted by atomic mass is 32.2. The van der Waals surface area contributed by atoms with Gasteiger partial charge in [-0.2, -0.15) is 0 Å². The molecule has 170 valence electrons. The Morgan fingerprint density at radius 1 is 1.03 bits per heavy atom. The molecular weight excluding hydrogens is 470 g/mol. The van der Waals surface area contributed by atoms with Crippen LogP contribution in [0.3, 0.4) is 0 Å². The van der Waals surface area contributed by atoms with E-state index in [1.54, 1.807) is 30.4 Å². The van der Waals surface area contributed by atoms with Gasteiger partial charge in [-0.3, -0.25) is 4.79 Å². The fourth-order valence-corrected chi connectivity index (χ4v) is 5.63. The lowest BCUT2D eigenvalue weighted by atomic mass is 10.1. The highest BCUT2D eigenvalue weighted by Gasteiger charge is 2.17. The van der Waals surface area contributed by atoms with Crippen molar-refractivity contribution in [1.82, 2.24) is 4.72 Å². The Hall–Kier alpha value is -2.57. The first-order valence-electron chi connectivity index (χ1n) is 9.69. The monoisotopic (exact) mass is 493 g/mol. The molecule has 3 rings (SSSR count). The van der Waals surface area contributed by atoms with E-state index in [1.165, 1.54) is 30.3 Å². The molecule has 3 aromatic rings. The molecule has 0 unspecified atom stereocenters. The number of carbonyl (C=O) groups is 1. The molecule has 0 radical (unpaired) electrons. The molecular formula is C21H23N3O5S3. The van der Waals surface area contributed by atoms with Crippen molar-refractivity contribution in [3.05, 3.63) is 76.0 Å². The lowest BCUT2D eigenvalue weighted by molar-refractivity contribution is 0.102. The van der Waals surface area contributed by atoms with Crippen molar-refractivity contribution in [2.24, 2.45) is 5.14 Å². The van der Waals surface area contributed by atoms with Crippen LogP contribution in [0.4, 0.5) is 5.69 Å². The predicted octanol–water partition coefficient (Wildman–Crippen LogP) is 2.73. The number of benzene rings is 2. The quantitative estimate of drug-likeness (QED) is 0.421. The summed E-state index contributed by atoms with van der Waals surface area (Å²) in [6.45, 7) is 2.07. The third kappa shape index (κ3) is 6.02. The maximum atomic E-state index is 12.5. The van der Waals surface area contributed by atoms with Crippen LogP contribution in [0.2, 0.25) is 0 Å². The molecule has 4 N–H and O–H groups in total. The molecule has 8 nitrogen and oxygen atoms in total. The first-order chi connectivity index (χ1) is 15.1. The number of hydrogen-bond donors (Lipinski definition) is 3. The molecule has 0 fully saturated rings. The molecule has 0 spiro atoms. The highest BCUT2D eigenvalue weighted by molar-refractivity contribution is 7.89. The van der Waals surface area contributed by atoms with Gasteiger partial charge < -0.3 is 5.32 Å². The minimum atomic E-state index is -3.94. The maximum absolute atomic E-state index is 12.5. The van der Waals surface area contributed by atoms with E-state index in [4.69, 9.17) is 5.14 Å². The summed E-state index contributed by atoms with van der Waals surface area (Å²) in [6.07, 6.45) is 1.06. The Morgan fingerprint density at radius 2 is 1.75 bits per heavy atom. The number of nitrogens with two attached hydrogens (primary N) is 1. The van der Waals surface area contributed by atoms with Crippen LogP contribution in [0.5, 0.6) is 0 Å². The fraction of sp³-hybridized carbons (Fsp3) is 0.190. The number of sulfonamides is 2. The Bertz CT molecular complexity index is 1300. The Kier molecular flexibility index (Phi) is 7.47. The van der Waals surface area contributed by atoms with Gasteiger partial charge in [-0.1, -0.05) is 19.1 Å². The van der Waals surface area contributed by atoms with E-state index in [0.717, 1.165) is 4.88 Å². The Morgan fingerprint density at radius 3 is 2.34 bits per heavy atom. The van der Waals surface area contributed by atoms with Crippen LogP contribution in [0.1, 0.15) is 27.7 Å². The zero-order valence-electron chi connectivity index (χ0n) is 17.2. The summed E-state index contributed by atoms with van der Waals surface area (Å²) in [5.74, 6) is -0.510. The molecule has 0 aliphatic rings. The van der Waals surface area contributed by atoms with E-state index in [-0.39, 0.29) is 27.6 Å². The van der Waals surface area contributed by atoms with E-state index >= 15 is 0 Å². The third-order valence-electron chi connectivity index (χ3n) is 4.68. The minimum absolute atomic E-state index is 0.0454. The zero-order valence-corrected chi connectivity index (χ0v) is 19.7. The van der Waals surface area contributed by atoms with Crippen molar-refractivity contribution in [3.63, 3.8) is 0 Å². The van der Waals surface area contributed by atoms with Crippen molar-refractivity contribution in [2.45, 2.75) is 29.6 Å². The van der Waals surface area contributed by atoms with Crippen molar-refractivity contribution in [2.75, 3.05) is 11.9 Å². The summed E-state index contributed by atoms with van der Waals surface area (Å²) < 4.78 is 51.0. The number of hydrogen-bond acceptors (Lipinski definition) is 6. The van der Waals surface area contributed by atoms with Gasteiger partial charge in [0, 0.05) is 22.7 Å². The molecule has 1 amide bonds. The van der Waals surface area contributed by atoms with Gasteiger partial charge in [0.15, 0.2) is 0 Å². The van der Waals surface area contributed by atoms with Crippen LogP contribution >= 0.6 is 11.3 Å². The van der Waals surface area contributed by atoms with Gasteiger partial charge >= 0.3 is 0 Å². The van der Waals surface area contributed by atoms with Gasteiger partial charge in [0.05, 0.1) is 9.79 Å².